The van der Waals surface area contributed by atoms with E-state index in [-0.39, 0.29) is 0 Å². The second-order valence-corrected chi connectivity index (χ2v) is 8.53. The van der Waals surface area contributed by atoms with Gasteiger partial charge in [0, 0.05) is 24.2 Å². The van der Waals surface area contributed by atoms with Crippen LogP contribution in [0.2, 0.25) is 0 Å². The summed E-state index contributed by atoms with van der Waals surface area (Å²) >= 11 is 1.76. The predicted molar refractivity (Wildman–Crippen MR) is 102 cm³/mol. The number of benzene rings is 1. The van der Waals surface area contributed by atoms with Crippen LogP contribution in [-0.2, 0) is 13.1 Å². The van der Waals surface area contributed by atoms with Crippen molar-refractivity contribution in [1.82, 2.24) is 14.8 Å². The van der Waals surface area contributed by atoms with Crippen LogP contribution in [0.1, 0.15) is 29.8 Å². The number of thiazole rings is 1. The van der Waals surface area contributed by atoms with Crippen molar-refractivity contribution in [3.05, 3.63) is 46.4 Å². The summed E-state index contributed by atoms with van der Waals surface area (Å²) in [7, 11) is 4.00. The first-order valence-corrected chi connectivity index (χ1v) is 10.0. The first-order chi connectivity index (χ1) is 12.2. The smallest absolute Gasteiger partial charge is 0.119 e. The highest BCUT2D eigenvalue weighted by atomic mass is 32.1. The van der Waals surface area contributed by atoms with Crippen LogP contribution in [0.4, 0.5) is 0 Å². The van der Waals surface area contributed by atoms with E-state index in [1.54, 1.807) is 18.4 Å². The number of hydrogen-bond acceptors (Lipinski definition) is 5. The van der Waals surface area contributed by atoms with Gasteiger partial charge in [-0.25, -0.2) is 4.98 Å². The molecule has 134 valence electrons. The molecule has 1 aromatic carbocycles. The lowest BCUT2D eigenvalue weighted by molar-refractivity contribution is 0.139. The third-order valence-corrected chi connectivity index (χ3v) is 6.70. The van der Waals surface area contributed by atoms with Crippen molar-refractivity contribution in [2.45, 2.75) is 38.4 Å². The number of aromatic nitrogens is 1. The van der Waals surface area contributed by atoms with Gasteiger partial charge in [-0.3, -0.25) is 9.80 Å². The van der Waals surface area contributed by atoms with Gasteiger partial charge in [0.2, 0.25) is 0 Å². The van der Waals surface area contributed by atoms with Crippen molar-refractivity contribution in [3.8, 4) is 5.75 Å². The molecule has 0 amide bonds. The third-order valence-electron chi connectivity index (χ3n) is 5.94. The summed E-state index contributed by atoms with van der Waals surface area (Å²) in [6.45, 7) is 4.45. The van der Waals surface area contributed by atoms with Gasteiger partial charge < -0.3 is 4.74 Å². The monoisotopic (exact) mass is 357 g/mol. The zero-order valence-corrected chi connectivity index (χ0v) is 16.0. The molecule has 4 rings (SSSR count). The van der Waals surface area contributed by atoms with E-state index in [1.165, 1.54) is 42.9 Å². The maximum atomic E-state index is 5.34. The van der Waals surface area contributed by atoms with Crippen molar-refractivity contribution < 1.29 is 4.74 Å². The van der Waals surface area contributed by atoms with E-state index in [9.17, 15) is 0 Å². The molecule has 0 bridgehead atoms. The Morgan fingerprint density at radius 1 is 1.36 bits per heavy atom. The molecule has 2 aromatic rings. The fourth-order valence-electron chi connectivity index (χ4n) is 4.33. The molecule has 1 atom stereocenters. The maximum Gasteiger partial charge on any atom is 0.119 e. The van der Waals surface area contributed by atoms with Crippen LogP contribution >= 0.6 is 11.3 Å². The van der Waals surface area contributed by atoms with Gasteiger partial charge in [-0.15, -0.1) is 11.3 Å². The lowest BCUT2D eigenvalue weighted by Crippen LogP contribution is -2.37. The maximum absolute atomic E-state index is 5.34. The van der Waals surface area contributed by atoms with Gasteiger partial charge in [0.05, 0.1) is 13.7 Å². The van der Waals surface area contributed by atoms with E-state index in [4.69, 9.17) is 4.74 Å². The summed E-state index contributed by atoms with van der Waals surface area (Å²) in [6, 6.07) is 9.21. The number of piperidine rings is 1. The fourth-order valence-corrected chi connectivity index (χ4v) is 5.01. The molecule has 1 saturated heterocycles. The Morgan fingerprint density at radius 3 is 2.92 bits per heavy atom. The Labute approximate surface area is 154 Å². The van der Waals surface area contributed by atoms with Crippen molar-refractivity contribution in [2.24, 2.45) is 5.41 Å². The molecule has 1 saturated carbocycles. The molecule has 0 radical (unpaired) electrons. The molecule has 1 aromatic heterocycles. The standard InChI is InChI=1S/C20H27N3OS/c1-22(15-19-21-8-11-25-19)18-13-20(18)6-9-23(10-7-20)14-16-4-3-5-17(12-16)24-2/h3-5,8,11-12,18H,6-7,9-10,13-15H2,1-2H3/t18-/m0/s1. The Kier molecular flexibility index (Phi) is 4.80. The topological polar surface area (TPSA) is 28.6 Å². The van der Waals surface area contributed by atoms with Crippen LogP contribution in [0.15, 0.2) is 35.8 Å². The van der Waals surface area contributed by atoms with Crippen LogP contribution in [0.25, 0.3) is 0 Å². The SMILES string of the molecule is COc1cccc(CN2CCC3(CC2)C[C@@H]3N(C)Cc2nccs2)c1. The molecule has 5 heteroatoms. The Morgan fingerprint density at radius 2 is 2.20 bits per heavy atom. The van der Waals surface area contributed by atoms with Crippen molar-refractivity contribution >= 4 is 11.3 Å². The highest BCUT2D eigenvalue weighted by molar-refractivity contribution is 7.09. The van der Waals surface area contributed by atoms with Crippen molar-refractivity contribution in [3.63, 3.8) is 0 Å². The minimum Gasteiger partial charge on any atom is -0.497 e. The molecule has 1 spiro atoms. The van der Waals surface area contributed by atoms with Crippen LogP contribution < -0.4 is 4.74 Å². The van der Waals surface area contributed by atoms with Gasteiger partial charge >= 0.3 is 0 Å². The molecule has 2 heterocycles. The zero-order valence-electron chi connectivity index (χ0n) is 15.1. The molecule has 25 heavy (non-hydrogen) atoms. The van der Waals surface area contributed by atoms with Gasteiger partial charge in [-0.1, -0.05) is 12.1 Å². The van der Waals surface area contributed by atoms with Crippen LogP contribution in [0.5, 0.6) is 5.75 Å². The highest BCUT2D eigenvalue weighted by Crippen LogP contribution is 2.56. The Balaban J connectivity index is 1.28. The summed E-state index contributed by atoms with van der Waals surface area (Å²) in [6.07, 6.45) is 5.92. The number of methoxy groups -OCH3 is 1. The van der Waals surface area contributed by atoms with E-state index >= 15 is 0 Å². The first-order valence-electron chi connectivity index (χ1n) is 9.12. The molecular formula is C20H27N3OS. The summed E-state index contributed by atoms with van der Waals surface area (Å²) in [5, 5.41) is 3.31. The van der Waals surface area contributed by atoms with Gasteiger partial charge in [0.15, 0.2) is 0 Å². The lowest BCUT2D eigenvalue weighted by atomic mass is 9.92. The molecule has 0 unspecified atom stereocenters. The van der Waals surface area contributed by atoms with Gasteiger partial charge in [0.1, 0.15) is 10.8 Å². The molecule has 2 fully saturated rings. The van der Waals surface area contributed by atoms with Crippen LogP contribution in [0, 0.1) is 5.41 Å². The zero-order chi connectivity index (χ0) is 17.3. The summed E-state index contributed by atoms with van der Waals surface area (Å²) < 4.78 is 5.34. The quantitative estimate of drug-likeness (QED) is 0.789. The van der Waals surface area contributed by atoms with Gasteiger partial charge in [-0.2, -0.15) is 0 Å². The molecule has 1 aliphatic carbocycles. The number of ether oxygens (including phenoxy) is 1. The van der Waals surface area contributed by atoms with E-state index in [0.717, 1.165) is 24.9 Å². The van der Waals surface area contributed by atoms with Gasteiger partial charge in [-0.05, 0) is 62.5 Å². The van der Waals surface area contributed by atoms with Crippen LogP contribution in [0.3, 0.4) is 0 Å². The largest absolute Gasteiger partial charge is 0.497 e. The predicted octanol–water partition coefficient (Wildman–Crippen LogP) is 3.64. The van der Waals surface area contributed by atoms with E-state index in [0.29, 0.717) is 5.41 Å². The lowest BCUT2D eigenvalue weighted by Gasteiger charge is -2.34. The average Bonchev–Trinajstić information content (AvgIpc) is 3.08. The van der Waals surface area contributed by atoms with Gasteiger partial charge in [0.25, 0.3) is 0 Å². The normalized spacial score (nSPS) is 22.4. The number of hydrogen-bond donors (Lipinski definition) is 0. The summed E-state index contributed by atoms with van der Waals surface area (Å²) in [5.74, 6) is 0.956. The molecular weight excluding hydrogens is 330 g/mol. The first kappa shape index (κ1) is 17.0. The van der Waals surface area contributed by atoms with E-state index in [1.807, 2.05) is 12.3 Å². The number of nitrogens with zero attached hydrogens (tertiary/aromatic N) is 3. The third kappa shape index (κ3) is 3.73. The molecule has 2 aliphatic rings. The number of rotatable bonds is 6. The second kappa shape index (κ2) is 7.06. The Bertz CT molecular complexity index is 695. The number of likely N-dealkylation sites (tertiary alicyclic amines) is 1. The van der Waals surface area contributed by atoms with Crippen molar-refractivity contribution in [1.29, 1.82) is 0 Å². The fraction of sp³-hybridized carbons (Fsp3) is 0.550. The van der Waals surface area contributed by atoms with E-state index in [2.05, 4.69) is 45.4 Å². The average molecular weight is 358 g/mol. The highest BCUT2D eigenvalue weighted by Gasteiger charge is 2.56. The minimum atomic E-state index is 0.566. The summed E-state index contributed by atoms with van der Waals surface area (Å²) in [5.41, 5.74) is 1.92. The molecule has 1 aliphatic heterocycles. The molecule has 4 nitrogen and oxygen atoms in total. The summed E-state index contributed by atoms with van der Waals surface area (Å²) in [4.78, 5) is 9.55. The van der Waals surface area contributed by atoms with E-state index < -0.39 is 0 Å². The van der Waals surface area contributed by atoms with Crippen molar-refractivity contribution in [2.75, 3.05) is 27.2 Å². The Hall–Kier alpha value is -1.43. The van der Waals surface area contributed by atoms with Crippen LogP contribution in [-0.4, -0.2) is 48.1 Å². The molecule has 0 N–H and O–H groups in total. The second-order valence-electron chi connectivity index (χ2n) is 7.55. The minimum absolute atomic E-state index is 0.566.